The van der Waals surface area contributed by atoms with Gasteiger partial charge < -0.3 is 9.84 Å². The number of likely N-dealkylation sites (N-methyl/N-ethyl adjacent to an activating group) is 1. The molecule has 206 valence electrons. The van der Waals surface area contributed by atoms with Crippen LogP contribution in [0, 0.1) is 5.82 Å². The Balaban J connectivity index is 1.21. The summed E-state index contributed by atoms with van der Waals surface area (Å²) in [6.07, 6.45) is 8.00. The number of benzene rings is 3. The van der Waals surface area contributed by atoms with Crippen molar-refractivity contribution in [3.63, 3.8) is 0 Å². The highest BCUT2D eigenvalue weighted by Gasteiger charge is 2.30. The van der Waals surface area contributed by atoms with Crippen molar-refractivity contribution in [1.29, 1.82) is 0 Å². The molecule has 2 aliphatic rings. The largest absolute Gasteiger partial charge is 0.486 e. The number of nitrogens with zero attached hydrogens (tertiary/aromatic N) is 2. The van der Waals surface area contributed by atoms with Gasteiger partial charge in [-0.05, 0) is 83.1 Å². The zero-order valence-electron chi connectivity index (χ0n) is 22.3. The Hall–Kier alpha value is -3.91. The van der Waals surface area contributed by atoms with Gasteiger partial charge in [-0.3, -0.25) is 14.5 Å². The Labute approximate surface area is 237 Å². The van der Waals surface area contributed by atoms with E-state index >= 15 is 0 Å². The summed E-state index contributed by atoms with van der Waals surface area (Å²) in [4.78, 5) is 30.1. The summed E-state index contributed by atoms with van der Waals surface area (Å²) >= 11 is 1.20. The summed E-state index contributed by atoms with van der Waals surface area (Å²) in [5.41, 5.74) is 4.19. The van der Waals surface area contributed by atoms with Gasteiger partial charge >= 0.3 is 5.97 Å². The Morgan fingerprint density at radius 3 is 2.42 bits per heavy atom. The number of thioether (sulfide) groups is 1. The van der Waals surface area contributed by atoms with E-state index in [0.717, 1.165) is 5.56 Å². The van der Waals surface area contributed by atoms with Crippen LogP contribution in [-0.2, 0) is 22.6 Å². The monoisotopic (exact) mass is 558 g/mol. The van der Waals surface area contributed by atoms with E-state index in [-0.39, 0.29) is 24.7 Å². The number of carbonyl (C=O) groups excluding carboxylic acids is 1. The molecule has 0 radical (unpaired) electrons. The van der Waals surface area contributed by atoms with Gasteiger partial charge in [0.15, 0.2) is 16.7 Å². The molecule has 5 rings (SSSR count). The molecule has 0 atom stereocenters. The van der Waals surface area contributed by atoms with Gasteiger partial charge in [0.05, 0.1) is 17.0 Å². The molecule has 0 aromatic heterocycles. The normalized spacial score (nSPS) is 18.1. The first-order chi connectivity index (χ1) is 19.4. The zero-order valence-corrected chi connectivity index (χ0v) is 23.1. The van der Waals surface area contributed by atoms with Crippen molar-refractivity contribution in [3.8, 4) is 5.75 Å². The van der Waals surface area contributed by atoms with Crippen LogP contribution in [0.1, 0.15) is 60.3 Å². The van der Waals surface area contributed by atoms with Crippen LogP contribution >= 0.6 is 11.8 Å². The molecule has 3 aromatic rings. The number of aliphatic carboxylic acids is 1. The third-order valence-corrected chi connectivity index (χ3v) is 8.28. The number of amides is 1. The molecule has 1 aliphatic heterocycles. The fourth-order valence-electron chi connectivity index (χ4n) is 4.98. The highest BCUT2D eigenvalue weighted by Crippen LogP contribution is 2.34. The Bertz CT molecular complexity index is 1440. The Morgan fingerprint density at radius 1 is 1.05 bits per heavy atom. The first-order valence-electron chi connectivity index (χ1n) is 13.4. The van der Waals surface area contributed by atoms with Crippen molar-refractivity contribution in [2.75, 3.05) is 7.05 Å². The van der Waals surface area contributed by atoms with Crippen molar-refractivity contribution in [2.45, 2.75) is 51.0 Å². The maximum Gasteiger partial charge on any atom is 0.307 e. The zero-order chi connectivity index (χ0) is 28.1. The molecule has 1 amide bonds. The maximum atomic E-state index is 14.9. The molecule has 8 heteroatoms. The number of hydrogen-bond donors (Lipinski definition) is 1. The lowest BCUT2D eigenvalue weighted by atomic mass is 9.84. The van der Waals surface area contributed by atoms with E-state index in [2.05, 4.69) is 29.3 Å². The highest BCUT2D eigenvalue weighted by molar-refractivity contribution is 8.18. The predicted octanol–water partition coefficient (Wildman–Crippen LogP) is 7.31. The molecule has 0 bridgehead atoms. The van der Waals surface area contributed by atoms with Gasteiger partial charge in [-0.2, -0.15) is 0 Å². The van der Waals surface area contributed by atoms with Crippen LogP contribution in [-0.4, -0.2) is 34.1 Å². The average Bonchev–Trinajstić information content (AvgIpc) is 3.21. The van der Waals surface area contributed by atoms with E-state index in [1.165, 1.54) is 60.4 Å². The minimum absolute atomic E-state index is 0.0647. The molecule has 1 N–H and O–H groups in total. The van der Waals surface area contributed by atoms with Gasteiger partial charge in [-0.15, -0.1) is 0 Å². The van der Waals surface area contributed by atoms with Crippen molar-refractivity contribution < 1.29 is 23.8 Å². The van der Waals surface area contributed by atoms with Crippen LogP contribution in [0.5, 0.6) is 5.75 Å². The number of hydrogen-bond acceptors (Lipinski definition) is 5. The minimum atomic E-state index is -0.902. The van der Waals surface area contributed by atoms with E-state index < -0.39 is 11.8 Å². The van der Waals surface area contributed by atoms with Crippen LogP contribution in [0.15, 0.2) is 76.6 Å². The molecule has 3 aromatic carbocycles. The van der Waals surface area contributed by atoms with Gasteiger partial charge in [0.1, 0.15) is 6.61 Å². The topological polar surface area (TPSA) is 79.2 Å². The molecule has 1 aliphatic carbocycles. The summed E-state index contributed by atoms with van der Waals surface area (Å²) in [5.74, 6) is -0.821. The molecular formula is C32H31FN2O4S. The van der Waals surface area contributed by atoms with Crippen LogP contribution in [0.3, 0.4) is 0 Å². The number of rotatable bonds is 8. The minimum Gasteiger partial charge on any atom is -0.486 e. The quantitative estimate of drug-likeness (QED) is 0.293. The van der Waals surface area contributed by atoms with Crippen LogP contribution in [0.4, 0.5) is 10.1 Å². The van der Waals surface area contributed by atoms with E-state index in [9.17, 15) is 14.0 Å². The fourth-order valence-corrected chi connectivity index (χ4v) is 5.97. The van der Waals surface area contributed by atoms with E-state index in [1.807, 2.05) is 0 Å². The molecule has 40 heavy (non-hydrogen) atoms. The third-order valence-electron chi connectivity index (χ3n) is 7.22. The lowest BCUT2D eigenvalue weighted by Gasteiger charge is -2.22. The number of amidine groups is 1. The molecule has 1 heterocycles. The maximum absolute atomic E-state index is 14.9. The van der Waals surface area contributed by atoms with Crippen LogP contribution in [0.2, 0.25) is 0 Å². The van der Waals surface area contributed by atoms with Crippen molar-refractivity contribution >= 4 is 40.6 Å². The van der Waals surface area contributed by atoms with Gasteiger partial charge in [0.2, 0.25) is 0 Å². The summed E-state index contributed by atoms with van der Waals surface area (Å²) in [6, 6.07) is 19.9. The SMILES string of the molecule is CN1C(=O)/C(=C/c2ccc(OCc3ccc(C4CCCCC4)cc3)c(F)c2)S/C1=N/c1ccc(CC(=O)O)cc1. The Kier molecular flexibility index (Phi) is 8.65. The van der Waals surface area contributed by atoms with E-state index in [4.69, 9.17) is 9.84 Å². The fraction of sp³-hybridized carbons (Fsp3) is 0.281. The van der Waals surface area contributed by atoms with Crippen molar-refractivity contribution in [1.82, 2.24) is 4.90 Å². The second-order valence-corrected chi connectivity index (χ2v) is 11.2. The van der Waals surface area contributed by atoms with Crippen molar-refractivity contribution in [3.05, 3.63) is 99.7 Å². The number of carbonyl (C=O) groups is 2. The second-order valence-electron chi connectivity index (χ2n) is 10.2. The van der Waals surface area contributed by atoms with Gasteiger partial charge in [-0.1, -0.05) is 61.7 Å². The third kappa shape index (κ3) is 6.80. The second kappa shape index (κ2) is 12.5. The van der Waals surface area contributed by atoms with Gasteiger partial charge in [-0.25, -0.2) is 9.38 Å². The summed E-state index contributed by atoms with van der Waals surface area (Å²) in [7, 11) is 1.63. The Morgan fingerprint density at radius 2 is 1.75 bits per heavy atom. The first kappa shape index (κ1) is 27.6. The van der Waals surface area contributed by atoms with Crippen LogP contribution in [0.25, 0.3) is 6.08 Å². The standard InChI is InChI=1S/C32H31FN2O4S/c1-35-31(38)29(40-32(35)34-26-14-9-21(10-15-26)19-30(36)37)18-23-11-16-28(27(33)17-23)39-20-22-7-12-25(13-8-22)24-5-3-2-4-6-24/h7-18,24H,2-6,19-20H2,1H3,(H,36,37)/b29-18-,34-32+. The van der Waals surface area contributed by atoms with Gasteiger partial charge in [0.25, 0.3) is 5.91 Å². The highest BCUT2D eigenvalue weighted by atomic mass is 32.2. The van der Waals surface area contributed by atoms with Gasteiger partial charge in [0, 0.05) is 7.05 Å². The molecule has 2 fully saturated rings. The van der Waals surface area contributed by atoms with Crippen LogP contribution < -0.4 is 4.74 Å². The smallest absolute Gasteiger partial charge is 0.307 e. The number of carboxylic acids is 1. The molecule has 1 saturated carbocycles. The lowest BCUT2D eigenvalue weighted by Crippen LogP contribution is -2.23. The van der Waals surface area contributed by atoms with E-state index in [0.29, 0.717) is 32.8 Å². The lowest BCUT2D eigenvalue weighted by molar-refractivity contribution is -0.136. The number of halogens is 1. The summed E-state index contributed by atoms with van der Waals surface area (Å²) < 4.78 is 20.6. The average molecular weight is 559 g/mol. The molecule has 6 nitrogen and oxygen atoms in total. The van der Waals surface area contributed by atoms with Crippen molar-refractivity contribution in [2.24, 2.45) is 4.99 Å². The number of aliphatic imine (C=N–C) groups is 1. The molecule has 1 saturated heterocycles. The molecule has 0 unspecified atom stereocenters. The summed E-state index contributed by atoms with van der Waals surface area (Å²) in [5, 5.41) is 9.40. The molecular weight excluding hydrogens is 527 g/mol. The first-order valence-corrected chi connectivity index (χ1v) is 14.3. The van der Waals surface area contributed by atoms with E-state index in [1.54, 1.807) is 49.5 Å². The summed E-state index contributed by atoms with van der Waals surface area (Å²) in [6.45, 7) is 0.276. The predicted molar refractivity (Wildman–Crippen MR) is 156 cm³/mol. The number of carboxylic acid groups (broad SMARTS) is 1. The molecule has 0 spiro atoms. The number of ether oxygens (including phenoxy) is 1.